The van der Waals surface area contributed by atoms with Gasteiger partial charge in [-0.05, 0) is 26.0 Å². The molecule has 21 heavy (non-hydrogen) atoms. The molecule has 0 bridgehead atoms. The second-order valence-corrected chi connectivity index (χ2v) is 4.84. The van der Waals surface area contributed by atoms with Crippen LogP contribution in [0.2, 0.25) is 0 Å². The van der Waals surface area contributed by atoms with Gasteiger partial charge in [-0.3, -0.25) is 14.7 Å². The molecule has 0 spiro atoms. The first kappa shape index (κ1) is 13.1. The summed E-state index contributed by atoms with van der Waals surface area (Å²) in [7, 11) is 0. The molecule has 6 nitrogen and oxygen atoms in total. The molecule has 0 unspecified atom stereocenters. The Morgan fingerprint density at radius 2 is 2.00 bits per heavy atom. The van der Waals surface area contributed by atoms with Gasteiger partial charge in [0, 0.05) is 17.1 Å². The predicted octanol–water partition coefficient (Wildman–Crippen LogP) is 2.12. The number of nitrogens with one attached hydrogen (secondary N) is 3. The maximum Gasteiger partial charge on any atom is 0.261 e. The Hall–Kier alpha value is -2.89. The van der Waals surface area contributed by atoms with Crippen LogP contribution in [-0.2, 0) is 0 Å². The molecule has 0 fully saturated rings. The van der Waals surface area contributed by atoms with Crippen molar-refractivity contribution < 1.29 is 4.79 Å². The molecule has 0 aliphatic carbocycles. The van der Waals surface area contributed by atoms with Crippen LogP contribution in [-0.4, -0.2) is 21.1 Å². The highest BCUT2D eigenvalue weighted by atomic mass is 16.2. The third kappa shape index (κ3) is 2.20. The molecule has 0 aliphatic heterocycles. The van der Waals surface area contributed by atoms with E-state index in [2.05, 4.69) is 20.5 Å². The summed E-state index contributed by atoms with van der Waals surface area (Å²) in [6.07, 6.45) is 1.44. The van der Waals surface area contributed by atoms with E-state index in [4.69, 9.17) is 0 Å². The van der Waals surface area contributed by atoms with Gasteiger partial charge in [-0.15, -0.1) is 0 Å². The number of H-pyrrole nitrogens is 2. The van der Waals surface area contributed by atoms with Crippen LogP contribution in [0.5, 0.6) is 0 Å². The SMILES string of the molecule is Cc1n[nH]c(C)c1NC(=O)c1c[nH]c2ccccc2c1=O. The first-order chi connectivity index (χ1) is 10.1. The summed E-state index contributed by atoms with van der Waals surface area (Å²) >= 11 is 0. The molecule has 2 heterocycles. The molecule has 3 rings (SSSR count). The summed E-state index contributed by atoms with van der Waals surface area (Å²) in [6.45, 7) is 3.59. The van der Waals surface area contributed by atoms with Crippen molar-refractivity contribution in [2.24, 2.45) is 0 Å². The number of aryl methyl sites for hydroxylation is 2. The quantitative estimate of drug-likeness (QED) is 0.672. The first-order valence-electron chi connectivity index (χ1n) is 6.51. The average molecular weight is 282 g/mol. The monoisotopic (exact) mass is 282 g/mol. The fourth-order valence-corrected chi connectivity index (χ4v) is 2.25. The van der Waals surface area contributed by atoms with Crippen molar-refractivity contribution >= 4 is 22.5 Å². The molecular weight excluding hydrogens is 268 g/mol. The van der Waals surface area contributed by atoms with Gasteiger partial charge in [0.05, 0.1) is 17.1 Å². The summed E-state index contributed by atoms with van der Waals surface area (Å²) in [5.74, 6) is -0.449. The van der Waals surface area contributed by atoms with Gasteiger partial charge in [0.15, 0.2) is 0 Å². The maximum atomic E-state index is 12.4. The van der Waals surface area contributed by atoms with E-state index in [0.29, 0.717) is 22.3 Å². The topological polar surface area (TPSA) is 90.6 Å². The van der Waals surface area contributed by atoms with E-state index in [0.717, 1.165) is 5.69 Å². The number of carbonyl (C=O) groups excluding carboxylic acids is 1. The van der Waals surface area contributed by atoms with E-state index in [-0.39, 0.29) is 11.0 Å². The van der Waals surface area contributed by atoms with Crippen molar-refractivity contribution in [1.29, 1.82) is 0 Å². The van der Waals surface area contributed by atoms with Crippen LogP contribution in [0, 0.1) is 13.8 Å². The highest BCUT2D eigenvalue weighted by Crippen LogP contribution is 2.17. The number of nitrogens with zero attached hydrogens (tertiary/aromatic N) is 1. The van der Waals surface area contributed by atoms with E-state index in [1.54, 1.807) is 32.0 Å². The van der Waals surface area contributed by atoms with Gasteiger partial charge < -0.3 is 10.3 Å². The van der Waals surface area contributed by atoms with Gasteiger partial charge in [0.2, 0.25) is 5.43 Å². The molecule has 6 heteroatoms. The number of hydrogen-bond donors (Lipinski definition) is 3. The smallest absolute Gasteiger partial charge is 0.261 e. The standard InChI is InChI=1S/C15H14N4O2/c1-8-13(9(2)19-18-8)17-15(21)11-7-16-12-6-4-3-5-10(12)14(11)20/h3-7H,1-2H3,(H,16,20)(H,17,21)(H,18,19). The summed E-state index contributed by atoms with van der Waals surface area (Å²) < 4.78 is 0. The molecule has 2 aromatic heterocycles. The summed E-state index contributed by atoms with van der Waals surface area (Å²) in [5.41, 5.74) is 2.52. The number of benzene rings is 1. The number of pyridine rings is 1. The van der Waals surface area contributed by atoms with Gasteiger partial charge in [-0.2, -0.15) is 5.10 Å². The highest BCUT2D eigenvalue weighted by Gasteiger charge is 2.16. The minimum absolute atomic E-state index is 0.0775. The van der Waals surface area contributed by atoms with Crippen LogP contribution in [0.1, 0.15) is 21.7 Å². The molecule has 1 aromatic carbocycles. The molecular formula is C15H14N4O2. The lowest BCUT2D eigenvalue weighted by Gasteiger charge is -2.06. The Morgan fingerprint density at radius 1 is 1.24 bits per heavy atom. The fourth-order valence-electron chi connectivity index (χ4n) is 2.25. The molecule has 0 radical (unpaired) electrons. The van der Waals surface area contributed by atoms with E-state index in [1.807, 2.05) is 6.07 Å². The Morgan fingerprint density at radius 3 is 2.71 bits per heavy atom. The second-order valence-electron chi connectivity index (χ2n) is 4.84. The number of aromatic amines is 2. The lowest BCUT2D eigenvalue weighted by Crippen LogP contribution is -2.22. The zero-order chi connectivity index (χ0) is 15.0. The largest absolute Gasteiger partial charge is 0.360 e. The third-order valence-electron chi connectivity index (χ3n) is 3.40. The molecule has 1 amide bonds. The minimum atomic E-state index is -0.449. The van der Waals surface area contributed by atoms with E-state index in [9.17, 15) is 9.59 Å². The van der Waals surface area contributed by atoms with Crippen LogP contribution in [0.3, 0.4) is 0 Å². The molecule has 0 saturated carbocycles. The molecule has 0 saturated heterocycles. The number of fused-ring (bicyclic) bond motifs is 1. The summed E-state index contributed by atoms with van der Waals surface area (Å²) in [4.78, 5) is 27.6. The average Bonchev–Trinajstić information content (AvgIpc) is 2.79. The van der Waals surface area contributed by atoms with Crippen LogP contribution in [0.25, 0.3) is 10.9 Å². The first-order valence-corrected chi connectivity index (χ1v) is 6.51. The molecule has 3 aromatic rings. The molecule has 0 aliphatic rings. The van der Waals surface area contributed by atoms with Crippen LogP contribution >= 0.6 is 0 Å². The van der Waals surface area contributed by atoms with Crippen LogP contribution < -0.4 is 10.7 Å². The van der Waals surface area contributed by atoms with Crippen molar-refractivity contribution in [1.82, 2.24) is 15.2 Å². The number of amides is 1. The predicted molar refractivity (Wildman–Crippen MR) is 80.6 cm³/mol. The Bertz CT molecular complexity index is 873. The second kappa shape index (κ2) is 4.90. The number of hydrogen-bond acceptors (Lipinski definition) is 3. The third-order valence-corrected chi connectivity index (χ3v) is 3.40. The number of carbonyl (C=O) groups is 1. The van der Waals surface area contributed by atoms with Crippen molar-refractivity contribution in [3.8, 4) is 0 Å². The lowest BCUT2D eigenvalue weighted by atomic mass is 10.1. The van der Waals surface area contributed by atoms with Crippen LogP contribution in [0.15, 0.2) is 35.3 Å². The van der Waals surface area contributed by atoms with E-state index in [1.165, 1.54) is 6.20 Å². The van der Waals surface area contributed by atoms with Crippen molar-refractivity contribution in [3.05, 3.63) is 57.6 Å². The van der Waals surface area contributed by atoms with Gasteiger partial charge >= 0.3 is 0 Å². The lowest BCUT2D eigenvalue weighted by molar-refractivity contribution is 0.102. The van der Waals surface area contributed by atoms with Crippen molar-refractivity contribution in [3.63, 3.8) is 0 Å². The Labute approximate surface area is 120 Å². The zero-order valence-electron chi connectivity index (χ0n) is 11.7. The normalized spacial score (nSPS) is 10.8. The Balaban J connectivity index is 2.03. The van der Waals surface area contributed by atoms with Gasteiger partial charge in [-0.25, -0.2) is 0 Å². The number of para-hydroxylation sites is 1. The zero-order valence-corrected chi connectivity index (χ0v) is 11.7. The number of rotatable bonds is 2. The van der Waals surface area contributed by atoms with Gasteiger partial charge in [0.25, 0.3) is 5.91 Å². The fraction of sp³-hybridized carbons (Fsp3) is 0.133. The van der Waals surface area contributed by atoms with E-state index < -0.39 is 5.91 Å². The number of anilines is 1. The summed E-state index contributed by atoms with van der Waals surface area (Å²) in [6, 6.07) is 7.09. The maximum absolute atomic E-state index is 12.4. The minimum Gasteiger partial charge on any atom is -0.360 e. The van der Waals surface area contributed by atoms with E-state index >= 15 is 0 Å². The van der Waals surface area contributed by atoms with Crippen molar-refractivity contribution in [2.75, 3.05) is 5.32 Å². The van der Waals surface area contributed by atoms with Gasteiger partial charge in [-0.1, -0.05) is 12.1 Å². The van der Waals surface area contributed by atoms with Crippen LogP contribution in [0.4, 0.5) is 5.69 Å². The summed E-state index contributed by atoms with van der Waals surface area (Å²) in [5, 5.41) is 10.0. The molecule has 3 N–H and O–H groups in total. The molecule has 106 valence electrons. The highest BCUT2D eigenvalue weighted by molar-refractivity contribution is 6.06. The van der Waals surface area contributed by atoms with Gasteiger partial charge in [0.1, 0.15) is 5.56 Å². The number of aromatic nitrogens is 3. The molecule has 0 atom stereocenters. The Kier molecular flexibility index (Phi) is 3.06. The van der Waals surface area contributed by atoms with Crippen molar-refractivity contribution in [2.45, 2.75) is 13.8 Å².